The van der Waals surface area contributed by atoms with Gasteiger partial charge in [0.1, 0.15) is 24.7 Å². The van der Waals surface area contributed by atoms with E-state index >= 15 is 0 Å². The number of aromatic nitrogens is 1. The first kappa shape index (κ1) is 31.5. The molecule has 7 rings (SSSR count). The van der Waals surface area contributed by atoms with Gasteiger partial charge >= 0.3 is 6.09 Å². The number of hydrogen-bond acceptors (Lipinski definition) is 5. The molecule has 1 fully saturated rings. The third kappa shape index (κ3) is 5.91. The molecule has 4 aromatic rings. The highest BCUT2D eigenvalue weighted by atomic mass is 16.6. The lowest BCUT2D eigenvalue weighted by Gasteiger charge is -2.33. The number of carbonyl (C=O) groups is 4. The van der Waals surface area contributed by atoms with Crippen molar-refractivity contribution in [2.24, 2.45) is 0 Å². The Balaban J connectivity index is 1.12. The molecule has 0 saturated carbocycles. The van der Waals surface area contributed by atoms with E-state index in [1.807, 2.05) is 66.7 Å². The van der Waals surface area contributed by atoms with Gasteiger partial charge in [-0.2, -0.15) is 0 Å². The Bertz CT molecular complexity index is 1850. The Kier molecular flexibility index (Phi) is 8.64. The van der Waals surface area contributed by atoms with Gasteiger partial charge in [-0.25, -0.2) is 4.79 Å². The molecule has 5 atom stereocenters. The standard InChI is InChI=1S/C38H41N5O5/c1-23(42(2)38(47)48-22-24-11-4-3-5-12-24)35(44)41-31-21-28-27-16-8-9-17-30(27)39-34(28)32-19-20-33(43(32)37(31)46)36(45)40-29-18-10-14-25-13-6-7-15-26(25)29/h3-9,11-13,15-17,23,29,31-33,39H,10,14,18-22H2,1-2H3,(H,40,45)(H,41,44)/t23?,29-,31+,32-,33+/m1/s1. The number of nitrogens with zero attached hydrogens (tertiary/aromatic N) is 2. The predicted molar refractivity (Wildman–Crippen MR) is 181 cm³/mol. The number of nitrogens with one attached hydrogen (secondary N) is 3. The first-order chi connectivity index (χ1) is 23.3. The summed E-state index contributed by atoms with van der Waals surface area (Å²) in [4.78, 5) is 61.5. The van der Waals surface area contributed by atoms with Crippen molar-refractivity contribution in [2.45, 2.75) is 82.3 Å². The van der Waals surface area contributed by atoms with E-state index in [4.69, 9.17) is 4.74 Å². The van der Waals surface area contributed by atoms with Crippen LogP contribution in [0.3, 0.4) is 0 Å². The van der Waals surface area contributed by atoms with Crippen molar-refractivity contribution < 1.29 is 23.9 Å². The minimum Gasteiger partial charge on any atom is -0.445 e. The maximum atomic E-state index is 14.5. The molecule has 1 saturated heterocycles. The number of fused-ring (bicyclic) bond motifs is 6. The predicted octanol–water partition coefficient (Wildman–Crippen LogP) is 5.09. The smallest absolute Gasteiger partial charge is 0.410 e. The van der Waals surface area contributed by atoms with Crippen LogP contribution in [0.15, 0.2) is 78.9 Å². The third-order valence-electron chi connectivity index (χ3n) is 10.3. The maximum absolute atomic E-state index is 14.5. The number of aromatic amines is 1. The zero-order chi connectivity index (χ0) is 33.4. The monoisotopic (exact) mass is 647 g/mol. The van der Waals surface area contributed by atoms with Crippen LogP contribution < -0.4 is 10.6 Å². The fraction of sp³-hybridized carbons (Fsp3) is 0.368. The Morgan fingerprint density at radius 1 is 0.938 bits per heavy atom. The van der Waals surface area contributed by atoms with Crippen LogP contribution in [0.4, 0.5) is 4.79 Å². The molecule has 0 bridgehead atoms. The van der Waals surface area contributed by atoms with Crippen LogP contribution >= 0.6 is 0 Å². The quantitative estimate of drug-likeness (QED) is 0.258. The summed E-state index contributed by atoms with van der Waals surface area (Å²) in [6.45, 7) is 1.68. The second-order valence-electron chi connectivity index (χ2n) is 13.2. The van der Waals surface area contributed by atoms with E-state index in [1.165, 1.54) is 17.5 Å². The van der Waals surface area contributed by atoms with E-state index in [0.717, 1.165) is 52.5 Å². The largest absolute Gasteiger partial charge is 0.445 e. The summed E-state index contributed by atoms with van der Waals surface area (Å²) in [5, 5.41) is 7.22. The highest BCUT2D eigenvalue weighted by Gasteiger charge is 2.48. The number of benzene rings is 3. The molecule has 3 N–H and O–H groups in total. The Hall–Kier alpha value is -5.12. The lowest BCUT2D eigenvalue weighted by molar-refractivity contribution is -0.143. The van der Waals surface area contributed by atoms with Gasteiger partial charge in [-0.05, 0) is 67.3 Å². The van der Waals surface area contributed by atoms with Crippen molar-refractivity contribution in [1.29, 1.82) is 0 Å². The summed E-state index contributed by atoms with van der Waals surface area (Å²) in [7, 11) is 1.50. The normalized spacial score (nSPS) is 22.1. The van der Waals surface area contributed by atoms with E-state index in [1.54, 1.807) is 11.8 Å². The molecule has 3 aliphatic rings. The molecular formula is C38H41N5O5. The summed E-state index contributed by atoms with van der Waals surface area (Å²) in [5.74, 6) is -0.956. The van der Waals surface area contributed by atoms with Crippen LogP contribution in [0.25, 0.3) is 10.9 Å². The van der Waals surface area contributed by atoms with Gasteiger partial charge in [0.15, 0.2) is 0 Å². The first-order valence-electron chi connectivity index (χ1n) is 16.8. The van der Waals surface area contributed by atoms with Gasteiger partial charge in [-0.1, -0.05) is 72.8 Å². The van der Waals surface area contributed by atoms with Crippen LogP contribution in [0.1, 0.15) is 72.6 Å². The molecule has 2 aliphatic heterocycles. The van der Waals surface area contributed by atoms with Crippen LogP contribution in [0, 0.1) is 0 Å². The fourth-order valence-electron chi connectivity index (χ4n) is 7.59. The van der Waals surface area contributed by atoms with Crippen LogP contribution in [0.2, 0.25) is 0 Å². The van der Waals surface area contributed by atoms with Gasteiger partial charge in [-0.3, -0.25) is 19.3 Å². The summed E-state index contributed by atoms with van der Waals surface area (Å²) >= 11 is 0. The highest BCUT2D eigenvalue weighted by Crippen LogP contribution is 2.43. The molecule has 0 radical (unpaired) electrons. The second kappa shape index (κ2) is 13.2. The molecule has 3 aromatic carbocycles. The van der Waals surface area contributed by atoms with E-state index in [9.17, 15) is 19.2 Å². The number of para-hydroxylation sites is 1. The zero-order valence-electron chi connectivity index (χ0n) is 27.3. The average molecular weight is 648 g/mol. The number of likely N-dealkylation sites (N-methyl/N-ethyl adjacent to an activating group) is 1. The van der Waals surface area contributed by atoms with Gasteiger partial charge in [0, 0.05) is 30.1 Å². The summed E-state index contributed by atoms with van der Waals surface area (Å²) in [6.07, 6.45) is 3.57. The minimum absolute atomic E-state index is 0.0784. The molecule has 3 heterocycles. The lowest BCUT2D eigenvalue weighted by atomic mass is 9.87. The molecule has 10 nitrogen and oxygen atoms in total. The van der Waals surface area contributed by atoms with Crippen molar-refractivity contribution in [3.05, 3.63) is 107 Å². The number of H-pyrrole nitrogens is 1. The minimum atomic E-state index is -0.930. The highest BCUT2D eigenvalue weighted by molar-refractivity contribution is 5.96. The van der Waals surface area contributed by atoms with Gasteiger partial charge < -0.3 is 25.3 Å². The first-order valence-corrected chi connectivity index (χ1v) is 16.8. The zero-order valence-corrected chi connectivity index (χ0v) is 27.3. The number of rotatable bonds is 7. The van der Waals surface area contributed by atoms with Crippen molar-refractivity contribution in [3.8, 4) is 0 Å². The third-order valence-corrected chi connectivity index (χ3v) is 10.3. The van der Waals surface area contributed by atoms with Crippen LogP contribution in [0.5, 0.6) is 0 Å². The van der Waals surface area contributed by atoms with Crippen molar-refractivity contribution in [1.82, 2.24) is 25.4 Å². The van der Waals surface area contributed by atoms with E-state index < -0.39 is 30.1 Å². The van der Waals surface area contributed by atoms with E-state index in [-0.39, 0.29) is 36.9 Å². The average Bonchev–Trinajstić information content (AvgIpc) is 3.69. The van der Waals surface area contributed by atoms with Crippen molar-refractivity contribution in [3.63, 3.8) is 0 Å². The summed E-state index contributed by atoms with van der Waals surface area (Å²) in [5.41, 5.74) is 6.04. The number of ether oxygens (including phenoxy) is 1. The molecule has 0 spiro atoms. The SMILES string of the molecule is CC(C(=O)N[C@H]1Cc2c([nH]c3ccccc23)[C@H]2CC[C@@H](C(=O)N[C@@H]3CCCc4ccccc43)N2C1=O)N(C)C(=O)OCc1ccccc1. The second-order valence-corrected chi connectivity index (χ2v) is 13.2. The molecule has 1 aliphatic carbocycles. The maximum Gasteiger partial charge on any atom is 0.410 e. The number of hydrogen-bond donors (Lipinski definition) is 3. The number of aryl methyl sites for hydroxylation is 1. The number of carbonyl (C=O) groups excluding carboxylic acids is 4. The summed E-state index contributed by atoms with van der Waals surface area (Å²) < 4.78 is 5.44. The molecule has 1 unspecified atom stereocenters. The van der Waals surface area contributed by atoms with Gasteiger partial charge in [0.2, 0.25) is 17.7 Å². The van der Waals surface area contributed by atoms with Crippen LogP contribution in [-0.4, -0.2) is 63.8 Å². The van der Waals surface area contributed by atoms with Crippen LogP contribution in [-0.2, 0) is 38.6 Å². The molecular weight excluding hydrogens is 606 g/mol. The number of amides is 4. The van der Waals surface area contributed by atoms with Crippen molar-refractivity contribution >= 4 is 34.7 Å². The van der Waals surface area contributed by atoms with E-state index in [0.29, 0.717) is 12.8 Å². The molecule has 248 valence electrons. The fourth-order valence-corrected chi connectivity index (χ4v) is 7.59. The lowest BCUT2D eigenvalue weighted by Crippen LogP contribution is -2.56. The molecule has 1 aromatic heterocycles. The summed E-state index contributed by atoms with van der Waals surface area (Å²) in [6, 6.07) is 22.5. The van der Waals surface area contributed by atoms with Gasteiger partial charge in [0.05, 0.1) is 12.1 Å². The molecule has 4 amide bonds. The van der Waals surface area contributed by atoms with Gasteiger partial charge in [0.25, 0.3) is 0 Å². The topological polar surface area (TPSA) is 124 Å². The Morgan fingerprint density at radius 3 is 2.52 bits per heavy atom. The molecule has 10 heteroatoms. The van der Waals surface area contributed by atoms with E-state index in [2.05, 4.69) is 27.8 Å². The Labute approximate surface area is 279 Å². The Morgan fingerprint density at radius 2 is 1.69 bits per heavy atom. The van der Waals surface area contributed by atoms with Gasteiger partial charge in [-0.15, -0.1) is 0 Å². The molecule has 48 heavy (non-hydrogen) atoms. The van der Waals surface area contributed by atoms with Crippen molar-refractivity contribution in [2.75, 3.05) is 7.05 Å².